The minimum atomic E-state index is -0.172. The lowest BCUT2D eigenvalue weighted by Crippen LogP contribution is -2.50. The Morgan fingerprint density at radius 3 is 1.80 bits per heavy atom. The number of hydrogen-bond donors (Lipinski definition) is 1. The van der Waals surface area contributed by atoms with Crippen molar-refractivity contribution in [2.75, 3.05) is 26.3 Å². The van der Waals surface area contributed by atoms with Crippen LogP contribution in [0.25, 0.3) is 0 Å². The van der Waals surface area contributed by atoms with Gasteiger partial charge in [-0.1, -0.05) is 101 Å². The first kappa shape index (κ1) is 33.1. The Bertz CT molecular complexity index is 1410. The Hall–Kier alpha value is -2.32. The molecule has 0 amide bonds. The molecule has 1 aliphatic rings. The van der Waals surface area contributed by atoms with Gasteiger partial charge in [-0.15, -0.1) is 0 Å². The van der Waals surface area contributed by atoms with Crippen molar-refractivity contribution < 1.29 is 18.9 Å². The molecule has 9 heteroatoms. The predicted molar refractivity (Wildman–Crippen MR) is 178 cm³/mol. The molecule has 3 atom stereocenters. The minimum absolute atomic E-state index is 0.0474. The van der Waals surface area contributed by atoms with E-state index in [1.807, 2.05) is 54.6 Å². The van der Waals surface area contributed by atoms with Crippen LogP contribution in [0.2, 0.25) is 20.1 Å². The van der Waals surface area contributed by atoms with Crippen LogP contribution in [0.5, 0.6) is 5.75 Å². The van der Waals surface area contributed by atoms with Gasteiger partial charge < -0.3 is 24.3 Å². The lowest BCUT2D eigenvalue weighted by molar-refractivity contribution is -0.0650. The van der Waals surface area contributed by atoms with Crippen molar-refractivity contribution in [3.05, 3.63) is 133 Å². The molecular weight excluding hydrogens is 640 g/mol. The fourth-order valence-corrected chi connectivity index (χ4v) is 6.11. The molecule has 0 aliphatic carbocycles. The van der Waals surface area contributed by atoms with Crippen molar-refractivity contribution in [2.24, 2.45) is 0 Å². The van der Waals surface area contributed by atoms with E-state index in [9.17, 15) is 0 Å². The predicted octanol–water partition coefficient (Wildman–Crippen LogP) is 9.14. The average Bonchev–Trinajstić information content (AvgIpc) is 3.03. The smallest absolute Gasteiger partial charge is 0.119 e. The molecule has 5 nitrogen and oxygen atoms in total. The fraction of sp³-hybridized carbons (Fsp3) is 0.314. The van der Waals surface area contributed by atoms with E-state index < -0.39 is 0 Å². The topological polar surface area (TPSA) is 49.0 Å². The van der Waals surface area contributed by atoms with Crippen molar-refractivity contribution in [3.8, 4) is 5.75 Å². The third kappa shape index (κ3) is 9.59. The quantitative estimate of drug-likeness (QED) is 0.135. The molecule has 4 aromatic rings. The maximum atomic E-state index is 6.48. The van der Waals surface area contributed by atoms with Crippen LogP contribution in [-0.4, -0.2) is 38.5 Å². The first-order chi connectivity index (χ1) is 21.5. The number of rotatable bonds is 14. The van der Waals surface area contributed by atoms with Gasteiger partial charge in [-0.2, -0.15) is 0 Å². The summed E-state index contributed by atoms with van der Waals surface area (Å²) < 4.78 is 24.7. The van der Waals surface area contributed by atoms with Crippen LogP contribution in [0, 0.1) is 0 Å². The van der Waals surface area contributed by atoms with Crippen molar-refractivity contribution in [2.45, 2.75) is 44.4 Å². The van der Waals surface area contributed by atoms with Gasteiger partial charge in [-0.25, -0.2) is 0 Å². The second kappa shape index (κ2) is 16.8. The third-order valence-corrected chi connectivity index (χ3v) is 8.68. The van der Waals surface area contributed by atoms with E-state index in [0.29, 0.717) is 66.2 Å². The van der Waals surface area contributed by atoms with E-state index in [-0.39, 0.29) is 18.1 Å². The zero-order chi connectivity index (χ0) is 30.7. The highest BCUT2D eigenvalue weighted by Crippen LogP contribution is 2.34. The maximum absolute atomic E-state index is 6.48. The normalized spacial score (nSPS) is 18.3. The molecule has 1 heterocycles. The highest BCUT2D eigenvalue weighted by Gasteiger charge is 2.36. The SMILES string of the molecule is Clc1ccc(CO[C@H]2CNC[C@@H](OCc3ccc(Cl)cc3Cl)[C@H]2c2ccc(OCCCOCc3ccccc3)cc2)c(Cl)c1. The summed E-state index contributed by atoms with van der Waals surface area (Å²) in [6, 6.07) is 29.2. The number of benzene rings is 4. The summed E-state index contributed by atoms with van der Waals surface area (Å²) in [4.78, 5) is 0. The largest absolute Gasteiger partial charge is 0.494 e. The van der Waals surface area contributed by atoms with Gasteiger partial charge in [-0.05, 0) is 58.7 Å². The molecule has 1 aliphatic heterocycles. The van der Waals surface area contributed by atoms with Crippen molar-refractivity contribution in [3.63, 3.8) is 0 Å². The molecule has 44 heavy (non-hydrogen) atoms. The van der Waals surface area contributed by atoms with E-state index in [0.717, 1.165) is 28.9 Å². The molecule has 1 N–H and O–H groups in total. The average molecular weight is 675 g/mol. The third-order valence-electron chi connectivity index (χ3n) is 7.51. The molecule has 0 spiro atoms. The van der Waals surface area contributed by atoms with Crippen LogP contribution in [0.3, 0.4) is 0 Å². The van der Waals surface area contributed by atoms with Gasteiger partial charge in [0.25, 0.3) is 0 Å². The summed E-state index contributed by atoms with van der Waals surface area (Å²) in [5.41, 5.74) is 4.02. The fourth-order valence-electron chi connectivity index (χ4n) is 5.19. The van der Waals surface area contributed by atoms with Gasteiger partial charge in [0.05, 0.1) is 45.2 Å². The lowest BCUT2D eigenvalue weighted by Gasteiger charge is -2.39. The first-order valence-corrected chi connectivity index (χ1v) is 16.1. The van der Waals surface area contributed by atoms with E-state index in [1.54, 1.807) is 12.1 Å². The van der Waals surface area contributed by atoms with Gasteiger partial charge in [-0.3, -0.25) is 0 Å². The van der Waals surface area contributed by atoms with Crippen molar-refractivity contribution in [1.82, 2.24) is 5.32 Å². The van der Waals surface area contributed by atoms with Crippen molar-refractivity contribution >= 4 is 46.4 Å². The second-order valence-corrected chi connectivity index (χ2v) is 12.4. The molecule has 232 valence electrons. The summed E-state index contributed by atoms with van der Waals surface area (Å²) in [6.07, 6.45) is 0.458. The Morgan fingerprint density at radius 2 is 1.23 bits per heavy atom. The number of piperidine rings is 1. The zero-order valence-corrected chi connectivity index (χ0v) is 27.2. The summed E-state index contributed by atoms with van der Waals surface area (Å²) in [6.45, 7) is 3.84. The van der Waals surface area contributed by atoms with Crippen LogP contribution in [-0.2, 0) is 34.0 Å². The summed E-state index contributed by atoms with van der Waals surface area (Å²) in [5.74, 6) is 0.760. The Labute approximate surface area is 279 Å². The molecule has 0 saturated carbocycles. The molecule has 0 unspecified atom stereocenters. The van der Waals surface area contributed by atoms with Crippen LogP contribution >= 0.6 is 46.4 Å². The molecule has 5 rings (SSSR count). The number of ether oxygens (including phenoxy) is 4. The lowest BCUT2D eigenvalue weighted by atomic mass is 9.85. The van der Waals surface area contributed by atoms with Gasteiger partial charge in [0.15, 0.2) is 0 Å². The molecule has 0 aromatic heterocycles. The molecule has 1 saturated heterocycles. The van der Waals surface area contributed by atoms with Gasteiger partial charge in [0, 0.05) is 45.5 Å². The molecule has 0 radical (unpaired) electrons. The van der Waals surface area contributed by atoms with Crippen molar-refractivity contribution in [1.29, 1.82) is 0 Å². The molecule has 0 bridgehead atoms. The van der Waals surface area contributed by atoms with E-state index >= 15 is 0 Å². The maximum Gasteiger partial charge on any atom is 0.119 e. The number of nitrogens with one attached hydrogen (secondary N) is 1. The molecule has 1 fully saturated rings. The Morgan fingerprint density at radius 1 is 0.636 bits per heavy atom. The molecular formula is C35H35Cl4NO4. The Kier molecular flexibility index (Phi) is 12.6. The minimum Gasteiger partial charge on any atom is -0.494 e. The van der Waals surface area contributed by atoms with Crippen LogP contribution in [0.1, 0.15) is 34.6 Å². The van der Waals surface area contributed by atoms with E-state index in [1.165, 1.54) is 5.56 Å². The molecule has 4 aromatic carbocycles. The summed E-state index contributed by atoms with van der Waals surface area (Å²) in [7, 11) is 0. The number of hydrogen-bond acceptors (Lipinski definition) is 5. The van der Waals surface area contributed by atoms with E-state index in [2.05, 4.69) is 29.6 Å². The highest BCUT2D eigenvalue weighted by molar-refractivity contribution is 6.35. The summed E-state index contributed by atoms with van der Waals surface area (Å²) >= 11 is 25.1. The van der Waals surface area contributed by atoms with E-state index in [4.69, 9.17) is 65.4 Å². The van der Waals surface area contributed by atoms with Crippen LogP contribution in [0.15, 0.2) is 91.0 Å². The summed E-state index contributed by atoms with van der Waals surface area (Å²) in [5, 5.41) is 5.81. The van der Waals surface area contributed by atoms with Gasteiger partial charge >= 0.3 is 0 Å². The second-order valence-electron chi connectivity index (χ2n) is 10.7. The van der Waals surface area contributed by atoms with Crippen LogP contribution < -0.4 is 10.1 Å². The zero-order valence-electron chi connectivity index (χ0n) is 24.2. The first-order valence-electron chi connectivity index (χ1n) is 14.6. The van der Waals surface area contributed by atoms with Crippen LogP contribution in [0.4, 0.5) is 0 Å². The van der Waals surface area contributed by atoms with Gasteiger partial charge in [0.1, 0.15) is 5.75 Å². The Balaban J connectivity index is 1.22. The number of halogens is 4. The van der Waals surface area contributed by atoms with Gasteiger partial charge in [0.2, 0.25) is 0 Å². The monoisotopic (exact) mass is 673 g/mol. The highest BCUT2D eigenvalue weighted by atomic mass is 35.5. The standard InChI is InChI=1S/C35H35Cl4NO4/c36-28-11-7-26(31(38)17-28)22-43-33-19-40-20-34(44-23-27-8-12-29(37)18-32(27)39)35(33)25-9-13-30(14-10-25)42-16-4-15-41-21-24-5-2-1-3-6-24/h1-3,5-14,17-18,33-35,40H,4,15-16,19-23H2/t33-,34+,35-.